The molecule has 0 aromatic heterocycles. The number of benzene rings is 7. The van der Waals surface area contributed by atoms with Crippen LogP contribution in [0, 0.1) is 6.92 Å². The first-order valence-corrected chi connectivity index (χ1v) is 25.4. The van der Waals surface area contributed by atoms with Crippen molar-refractivity contribution in [3.63, 3.8) is 0 Å². The maximum Gasteiger partial charge on any atom is 0.247 e. The largest absolute Gasteiger partial charge is 0.311 e. The topological polar surface area (TPSA) is 3.24 Å². The van der Waals surface area contributed by atoms with E-state index in [1.807, 2.05) is 0 Å². The Labute approximate surface area is 411 Å². The lowest BCUT2D eigenvalue weighted by Gasteiger charge is -2.42. The van der Waals surface area contributed by atoms with E-state index in [1.165, 1.54) is 106 Å². The van der Waals surface area contributed by atoms with Crippen molar-refractivity contribution in [2.45, 2.75) is 157 Å². The van der Waals surface area contributed by atoms with E-state index in [1.54, 1.807) is 0 Å². The molecule has 1 atom stereocenters. The lowest BCUT2D eigenvalue weighted by Crippen LogP contribution is -2.60. The Morgan fingerprint density at radius 1 is 0.397 bits per heavy atom. The lowest BCUT2D eigenvalue weighted by atomic mass is 9.32. The number of nitrogens with zero attached hydrogens (tertiary/aromatic N) is 1. The van der Waals surface area contributed by atoms with Crippen LogP contribution in [0.15, 0.2) is 140 Å². The fourth-order valence-electron chi connectivity index (χ4n) is 10.9. The van der Waals surface area contributed by atoms with Crippen molar-refractivity contribution < 1.29 is 0 Å². The Kier molecular flexibility index (Phi) is 11.7. The van der Waals surface area contributed by atoms with Gasteiger partial charge in [0.1, 0.15) is 0 Å². The molecule has 2 heterocycles. The lowest BCUT2D eigenvalue weighted by molar-refractivity contribution is 0.588. The molecule has 0 radical (unpaired) electrons. The highest BCUT2D eigenvalue weighted by molar-refractivity contribution is 6.98. The quantitative estimate of drug-likeness (QED) is 0.159. The van der Waals surface area contributed by atoms with Crippen LogP contribution in [0.25, 0.3) is 22.3 Å². The zero-order valence-electron chi connectivity index (χ0n) is 44.3. The average Bonchev–Trinajstić information content (AvgIpc) is 3.26. The minimum absolute atomic E-state index is 0.0119. The molecule has 7 aromatic carbocycles. The maximum atomic E-state index is 2.62. The van der Waals surface area contributed by atoms with Gasteiger partial charge in [0.05, 0.1) is 0 Å². The second-order valence-corrected chi connectivity index (χ2v) is 25.7. The number of anilines is 3. The monoisotopic (exact) mass is 894 g/mol. The molecule has 0 saturated carbocycles. The van der Waals surface area contributed by atoms with E-state index >= 15 is 0 Å². The number of aryl methyl sites for hydroxylation is 1. The van der Waals surface area contributed by atoms with Gasteiger partial charge in [-0.05, 0) is 149 Å². The molecule has 348 valence electrons. The first-order chi connectivity index (χ1) is 31.8. The van der Waals surface area contributed by atoms with E-state index in [4.69, 9.17) is 0 Å². The van der Waals surface area contributed by atoms with Crippen LogP contribution in [0.4, 0.5) is 17.1 Å². The molecule has 0 fully saturated rings. The van der Waals surface area contributed by atoms with Crippen LogP contribution in [0.1, 0.15) is 160 Å². The molecule has 68 heavy (non-hydrogen) atoms. The van der Waals surface area contributed by atoms with Gasteiger partial charge >= 0.3 is 0 Å². The highest BCUT2D eigenvalue weighted by Crippen LogP contribution is 2.44. The molecular weight excluding hydrogens is 818 g/mol. The van der Waals surface area contributed by atoms with Gasteiger partial charge in [0, 0.05) is 17.1 Å². The summed E-state index contributed by atoms with van der Waals surface area (Å²) in [6, 6.07) is 55.7. The summed E-state index contributed by atoms with van der Waals surface area (Å²) in [7, 11) is 0. The van der Waals surface area contributed by atoms with Crippen molar-refractivity contribution in [1.82, 2.24) is 0 Å². The molecule has 0 N–H and O–H groups in total. The summed E-state index contributed by atoms with van der Waals surface area (Å²) in [6.07, 6.45) is 1.88. The van der Waals surface area contributed by atoms with Gasteiger partial charge in [-0.15, -0.1) is 0 Å². The third kappa shape index (κ3) is 9.06. The highest BCUT2D eigenvalue weighted by Gasteiger charge is 2.42. The van der Waals surface area contributed by atoms with Crippen LogP contribution in [0.5, 0.6) is 0 Å². The standard InChI is InChI=1S/C66H76BN/c1-42-17-19-43(20-18-42)46-36-48-37-47(55-33-29-51(64(8,9)10)39-56(55)44-21-24-49(25-22-44)62(2,3)4)35-45-23-26-52(65(11,12)13)40-57(45)67-58-41-53(66(14,15)16)30-34-59(58)68(60(38-46)61(48)67)54-31-27-50(28-32-54)63(5,6)7/h17-34,36,38-41,47H,35,37H2,1-16H3. The number of fused-ring (bicyclic) bond motifs is 4. The molecular formula is C66H76BN. The van der Waals surface area contributed by atoms with Gasteiger partial charge in [0.2, 0.25) is 6.71 Å². The van der Waals surface area contributed by atoms with E-state index in [-0.39, 0.29) is 39.7 Å². The predicted octanol–water partition coefficient (Wildman–Crippen LogP) is 16.0. The Balaban J connectivity index is 1.38. The van der Waals surface area contributed by atoms with Crippen LogP contribution in [-0.2, 0) is 39.9 Å². The number of hydrogen-bond donors (Lipinski definition) is 0. The fraction of sp³-hybridized carbons (Fsp3) is 0.364. The first-order valence-electron chi connectivity index (χ1n) is 25.4. The second kappa shape index (κ2) is 16.8. The van der Waals surface area contributed by atoms with Gasteiger partial charge in [0.25, 0.3) is 0 Å². The van der Waals surface area contributed by atoms with Crippen molar-refractivity contribution >= 4 is 40.2 Å². The van der Waals surface area contributed by atoms with Crippen LogP contribution in [0.3, 0.4) is 0 Å². The Morgan fingerprint density at radius 2 is 0.868 bits per heavy atom. The van der Waals surface area contributed by atoms with E-state index in [0.717, 1.165) is 12.8 Å². The second-order valence-electron chi connectivity index (χ2n) is 25.7. The highest BCUT2D eigenvalue weighted by atomic mass is 15.1. The smallest absolute Gasteiger partial charge is 0.247 e. The fourth-order valence-corrected chi connectivity index (χ4v) is 10.9. The Morgan fingerprint density at radius 3 is 1.44 bits per heavy atom. The van der Waals surface area contributed by atoms with Gasteiger partial charge in [0.15, 0.2) is 0 Å². The molecule has 7 aromatic rings. The van der Waals surface area contributed by atoms with Gasteiger partial charge in [-0.2, -0.15) is 0 Å². The minimum Gasteiger partial charge on any atom is -0.311 e. The zero-order valence-corrected chi connectivity index (χ0v) is 44.3. The average molecular weight is 894 g/mol. The zero-order chi connectivity index (χ0) is 48.9. The SMILES string of the molecule is Cc1ccc(-c2cc3c4c(c2)N(c2ccc(C(C)(C)C)cc2)c2ccc(C(C)(C)C)cc2B4c2cc(C(C)(C)C)ccc2CC(c2ccc(C(C)(C)C)cc2-c2ccc(C(C)(C)C)cc2)C3)cc1. The van der Waals surface area contributed by atoms with Crippen LogP contribution in [-0.4, -0.2) is 6.71 Å². The molecule has 0 saturated heterocycles. The van der Waals surface area contributed by atoms with Gasteiger partial charge in [-0.3, -0.25) is 0 Å². The molecule has 0 amide bonds. The molecule has 0 bridgehead atoms. The Hall–Kier alpha value is -5.60. The predicted molar refractivity (Wildman–Crippen MR) is 298 cm³/mol. The van der Waals surface area contributed by atoms with Crippen LogP contribution in [0.2, 0.25) is 0 Å². The molecule has 0 spiro atoms. The molecule has 1 nitrogen and oxygen atoms in total. The number of hydrogen-bond acceptors (Lipinski definition) is 1. The minimum atomic E-state index is -0.0177. The molecule has 1 unspecified atom stereocenters. The van der Waals surface area contributed by atoms with Gasteiger partial charge < -0.3 is 4.90 Å². The van der Waals surface area contributed by atoms with Crippen molar-refractivity contribution in [2.24, 2.45) is 0 Å². The summed E-state index contributed by atoms with van der Waals surface area (Å²) in [5.74, 6) is 0.223. The van der Waals surface area contributed by atoms with Crippen molar-refractivity contribution in [2.75, 3.05) is 4.90 Å². The summed E-state index contributed by atoms with van der Waals surface area (Å²) >= 11 is 0. The van der Waals surface area contributed by atoms with E-state index in [0.29, 0.717) is 0 Å². The van der Waals surface area contributed by atoms with E-state index < -0.39 is 0 Å². The van der Waals surface area contributed by atoms with Crippen molar-refractivity contribution in [3.05, 3.63) is 190 Å². The summed E-state index contributed by atoms with van der Waals surface area (Å²) in [6.45, 7) is 37.4. The van der Waals surface area contributed by atoms with Gasteiger partial charge in [-0.25, -0.2) is 0 Å². The third-order valence-corrected chi connectivity index (χ3v) is 15.3. The molecule has 2 aliphatic heterocycles. The summed E-state index contributed by atoms with van der Waals surface area (Å²) in [4.78, 5) is 2.62. The number of rotatable bonds is 4. The summed E-state index contributed by atoms with van der Waals surface area (Å²) in [5, 5.41) is 0. The molecule has 2 heteroatoms. The molecule has 9 rings (SSSR count). The van der Waals surface area contributed by atoms with Crippen LogP contribution < -0.4 is 21.3 Å². The molecule has 2 aliphatic rings. The molecule has 0 aliphatic carbocycles. The first kappa shape index (κ1) is 47.5. The maximum absolute atomic E-state index is 2.62. The summed E-state index contributed by atoms with van der Waals surface area (Å²) in [5.41, 5.74) is 25.8. The van der Waals surface area contributed by atoms with E-state index in [2.05, 4.69) is 255 Å². The van der Waals surface area contributed by atoms with E-state index in [9.17, 15) is 0 Å². The third-order valence-electron chi connectivity index (χ3n) is 15.3. The van der Waals surface area contributed by atoms with Crippen molar-refractivity contribution in [1.29, 1.82) is 0 Å². The Bertz CT molecular complexity index is 3000. The van der Waals surface area contributed by atoms with Crippen LogP contribution >= 0.6 is 0 Å². The normalized spacial score (nSPS) is 15.3. The summed E-state index contributed by atoms with van der Waals surface area (Å²) < 4.78 is 0. The van der Waals surface area contributed by atoms with Crippen molar-refractivity contribution in [3.8, 4) is 22.3 Å². The van der Waals surface area contributed by atoms with Gasteiger partial charge in [-0.1, -0.05) is 236 Å².